The molecule has 0 aliphatic carbocycles. The van der Waals surface area contributed by atoms with Gasteiger partial charge in [0.15, 0.2) is 0 Å². The van der Waals surface area contributed by atoms with E-state index < -0.39 is 6.43 Å². The normalized spacial score (nSPS) is 10.7. The molecular weight excluding hydrogens is 164 g/mol. The van der Waals surface area contributed by atoms with E-state index in [9.17, 15) is 8.78 Å². The third-order valence-corrected chi connectivity index (χ3v) is 1.28. The van der Waals surface area contributed by atoms with E-state index in [0.29, 0.717) is 12.2 Å². The van der Waals surface area contributed by atoms with E-state index in [1.807, 2.05) is 0 Å². The molecule has 1 aromatic heterocycles. The van der Waals surface area contributed by atoms with E-state index in [-0.39, 0.29) is 5.69 Å². The fraction of sp³-hybridized carbons (Fsp3) is 0.429. The average Bonchev–Trinajstić information content (AvgIpc) is 2.05. The molecule has 0 atom stereocenters. The van der Waals surface area contributed by atoms with Crippen LogP contribution in [0.15, 0.2) is 12.4 Å². The van der Waals surface area contributed by atoms with Crippen LogP contribution in [0.4, 0.5) is 8.78 Å². The topological polar surface area (TPSA) is 37.8 Å². The Hall–Kier alpha value is -1.10. The quantitative estimate of drug-likeness (QED) is 0.744. The van der Waals surface area contributed by atoms with Gasteiger partial charge < -0.3 is 5.32 Å². The van der Waals surface area contributed by atoms with E-state index >= 15 is 0 Å². The standard InChI is InChI=1S/C7H9F2N3/c1-10-2-5-3-11-4-6(12-5)7(8)9/h3-4,7,10H,2H2,1H3. The van der Waals surface area contributed by atoms with Crippen LogP contribution in [-0.4, -0.2) is 17.0 Å². The molecule has 1 N–H and O–H groups in total. The average molecular weight is 173 g/mol. The first kappa shape index (κ1) is 8.99. The van der Waals surface area contributed by atoms with Crippen LogP contribution in [-0.2, 0) is 6.54 Å². The lowest BCUT2D eigenvalue weighted by Crippen LogP contribution is -2.08. The summed E-state index contributed by atoms with van der Waals surface area (Å²) >= 11 is 0. The van der Waals surface area contributed by atoms with Crippen LogP contribution in [0.25, 0.3) is 0 Å². The molecule has 0 aliphatic rings. The van der Waals surface area contributed by atoms with Gasteiger partial charge >= 0.3 is 0 Å². The van der Waals surface area contributed by atoms with Crippen molar-refractivity contribution in [3.8, 4) is 0 Å². The van der Waals surface area contributed by atoms with Crippen molar-refractivity contribution in [3.05, 3.63) is 23.8 Å². The largest absolute Gasteiger partial charge is 0.314 e. The minimum atomic E-state index is -2.55. The smallest absolute Gasteiger partial charge is 0.281 e. The molecule has 0 saturated carbocycles. The van der Waals surface area contributed by atoms with Crippen molar-refractivity contribution in [3.63, 3.8) is 0 Å². The Kier molecular flexibility index (Phi) is 3.04. The highest BCUT2D eigenvalue weighted by Gasteiger charge is 2.08. The number of halogens is 2. The first-order chi connectivity index (χ1) is 5.74. The zero-order chi connectivity index (χ0) is 8.97. The number of rotatable bonds is 3. The molecular formula is C7H9F2N3. The first-order valence-corrected chi connectivity index (χ1v) is 3.47. The summed E-state index contributed by atoms with van der Waals surface area (Å²) < 4.78 is 24.1. The first-order valence-electron chi connectivity index (χ1n) is 3.47. The van der Waals surface area contributed by atoms with Gasteiger partial charge in [0.1, 0.15) is 5.69 Å². The second-order valence-electron chi connectivity index (χ2n) is 2.27. The molecule has 0 bridgehead atoms. The number of aromatic nitrogens is 2. The van der Waals surface area contributed by atoms with Gasteiger partial charge in [-0.2, -0.15) is 0 Å². The van der Waals surface area contributed by atoms with Gasteiger partial charge in [0, 0.05) is 12.7 Å². The van der Waals surface area contributed by atoms with E-state index in [1.165, 1.54) is 6.20 Å². The molecule has 1 heterocycles. The number of nitrogens with zero attached hydrogens (tertiary/aromatic N) is 2. The van der Waals surface area contributed by atoms with E-state index in [4.69, 9.17) is 0 Å². The van der Waals surface area contributed by atoms with E-state index in [0.717, 1.165) is 6.20 Å². The van der Waals surface area contributed by atoms with Crippen LogP contribution in [0.1, 0.15) is 17.8 Å². The summed E-state index contributed by atoms with van der Waals surface area (Å²) in [5.41, 5.74) is 0.248. The Morgan fingerprint density at radius 1 is 1.50 bits per heavy atom. The number of nitrogens with one attached hydrogen (secondary N) is 1. The summed E-state index contributed by atoms with van der Waals surface area (Å²) in [7, 11) is 1.72. The van der Waals surface area contributed by atoms with Crippen LogP contribution in [0.5, 0.6) is 0 Å². The summed E-state index contributed by atoms with van der Waals surface area (Å²) in [5.74, 6) is 0. The molecule has 0 radical (unpaired) electrons. The molecule has 66 valence electrons. The molecule has 0 aliphatic heterocycles. The van der Waals surface area contributed by atoms with Gasteiger partial charge in [-0.25, -0.2) is 13.8 Å². The summed E-state index contributed by atoms with van der Waals surface area (Å²) in [6.07, 6.45) is -0.0130. The minimum Gasteiger partial charge on any atom is -0.314 e. The van der Waals surface area contributed by atoms with Gasteiger partial charge in [-0.1, -0.05) is 0 Å². The highest BCUT2D eigenvalue weighted by Crippen LogP contribution is 2.14. The van der Waals surface area contributed by atoms with Crippen molar-refractivity contribution in [2.75, 3.05) is 7.05 Å². The van der Waals surface area contributed by atoms with Crippen LogP contribution >= 0.6 is 0 Å². The highest BCUT2D eigenvalue weighted by molar-refractivity contribution is 5.03. The van der Waals surface area contributed by atoms with Crippen molar-refractivity contribution < 1.29 is 8.78 Å². The molecule has 12 heavy (non-hydrogen) atoms. The van der Waals surface area contributed by atoms with Crippen molar-refractivity contribution in [2.45, 2.75) is 13.0 Å². The number of alkyl halides is 2. The Bertz CT molecular complexity index is 252. The van der Waals surface area contributed by atoms with Crippen molar-refractivity contribution >= 4 is 0 Å². The Labute approximate surface area is 68.8 Å². The molecule has 1 aromatic rings. The second kappa shape index (κ2) is 4.06. The fourth-order valence-corrected chi connectivity index (χ4v) is 0.795. The van der Waals surface area contributed by atoms with E-state index in [1.54, 1.807) is 7.05 Å². The van der Waals surface area contributed by atoms with Gasteiger partial charge in [0.2, 0.25) is 0 Å². The van der Waals surface area contributed by atoms with Gasteiger partial charge in [-0.15, -0.1) is 0 Å². The lowest BCUT2D eigenvalue weighted by atomic mass is 10.4. The molecule has 1 rings (SSSR count). The zero-order valence-corrected chi connectivity index (χ0v) is 6.59. The monoisotopic (exact) mass is 173 g/mol. The maximum atomic E-state index is 12.1. The maximum absolute atomic E-state index is 12.1. The lowest BCUT2D eigenvalue weighted by Gasteiger charge is -2.01. The molecule has 0 unspecified atom stereocenters. The highest BCUT2D eigenvalue weighted by atomic mass is 19.3. The third kappa shape index (κ3) is 2.20. The van der Waals surface area contributed by atoms with Gasteiger partial charge in [-0.3, -0.25) is 4.98 Å². The van der Waals surface area contributed by atoms with Crippen LogP contribution < -0.4 is 5.32 Å². The predicted molar refractivity (Wildman–Crippen MR) is 39.8 cm³/mol. The van der Waals surface area contributed by atoms with Crippen molar-refractivity contribution in [1.29, 1.82) is 0 Å². The zero-order valence-electron chi connectivity index (χ0n) is 6.59. The number of hydrogen-bond acceptors (Lipinski definition) is 3. The lowest BCUT2D eigenvalue weighted by molar-refractivity contribution is 0.145. The van der Waals surface area contributed by atoms with Gasteiger partial charge in [0.25, 0.3) is 6.43 Å². The molecule has 5 heteroatoms. The Morgan fingerprint density at radius 2 is 2.25 bits per heavy atom. The van der Waals surface area contributed by atoms with Gasteiger partial charge in [-0.05, 0) is 7.05 Å². The molecule has 0 amide bonds. The Balaban J connectivity index is 2.81. The second-order valence-corrected chi connectivity index (χ2v) is 2.27. The predicted octanol–water partition coefficient (Wildman–Crippen LogP) is 1.13. The van der Waals surface area contributed by atoms with E-state index in [2.05, 4.69) is 15.3 Å². The summed E-state index contributed by atoms with van der Waals surface area (Å²) in [6.45, 7) is 0.452. The summed E-state index contributed by atoms with van der Waals surface area (Å²) in [5, 5.41) is 2.80. The fourth-order valence-electron chi connectivity index (χ4n) is 0.795. The third-order valence-electron chi connectivity index (χ3n) is 1.28. The summed E-state index contributed by atoms with van der Waals surface area (Å²) in [6, 6.07) is 0. The number of hydrogen-bond donors (Lipinski definition) is 1. The SMILES string of the molecule is CNCc1cncc(C(F)F)n1. The van der Waals surface area contributed by atoms with Crippen molar-refractivity contribution in [1.82, 2.24) is 15.3 Å². The molecule has 0 spiro atoms. The Morgan fingerprint density at radius 3 is 2.83 bits per heavy atom. The van der Waals surface area contributed by atoms with Crippen molar-refractivity contribution in [2.24, 2.45) is 0 Å². The molecule has 0 saturated heterocycles. The summed E-state index contributed by atoms with van der Waals surface area (Å²) in [4.78, 5) is 7.33. The van der Waals surface area contributed by atoms with Crippen LogP contribution in [0.3, 0.4) is 0 Å². The minimum absolute atomic E-state index is 0.275. The molecule has 0 fully saturated rings. The van der Waals surface area contributed by atoms with Gasteiger partial charge in [0.05, 0.1) is 11.9 Å². The molecule has 0 aromatic carbocycles. The van der Waals surface area contributed by atoms with Crippen LogP contribution in [0.2, 0.25) is 0 Å². The molecule has 3 nitrogen and oxygen atoms in total. The van der Waals surface area contributed by atoms with Crippen LogP contribution in [0, 0.1) is 0 Å². The maximum Gasteiger partial charge on any atom is 0.281 e.